The molecule has 20 heavy (non-hydrogen) atoms. The molecule has 0 amide bonds. The van der Waals surface area contributed by atoms with Gasteiger partial charge in [-0.15, -0.1) is 0 Å². The summed E-state index contributed by atoms with van der Waals surface area (Å²) in [6.45, 7) is 3.83. The van der Waals surface area contributed by atoms with Crippen LogP contribution in [-0.2, 0) is 0 Å². The average molecular weight is 285 g/mol. The second-order valence-corrected chi connectivity index (χ2v) is 5.33. The first-order chi connectivity index (χ1) is 9.56. The number of carbonyl (C=O) groups is 1. The summed E-state index contributed by atoms with van der Waals surface area (Å²) in [5.74, 6) is 0.245. The van der Waals surface area contributed by atoms with Crippen LogP contribution in [0.3, 0.4) is 0 Å². The van der Waals surface area contributed by atoms with E-state index in [4.69, 9.17) is 16.0 Å². The molecule has 0 aliphatic heterocycles. The van der Waals surface area contributed by atoms with Crippen molar-refractivity contribution in [1.82, 2.24) is 0 Å². The number of halogens is 1. The molecule has 0 aliphatic carbocycles. The zero-order chi connectivity index (χ0) is 14.3. The quantitative estimate of drug-likeness (QED) is 0.624. The molecule has 2 nitrogen and oxygen atoms in total. The first kappa shape index (κ1) is 12.9. The van der Waals surface area contributed by atoms with Crippen molar-refractivity contribution in [1.29, 1.82) is 0 Å². The second-order valence-electron chi connectivity index (χ2n) is 4.89. The number of benzene rings is 2. The molecule has 0 bridgehead atoms. The summed E-state index contributed by atoms with van der Waals surface area (Å²) in [5.41, 5.74) is 3.25. The molecule has 2 aromatic carbocycles. The first-order valence-electron chi connectivity index (χ1n) is 6.36. The lowest BCUT2D eigenvalue weighted by molar-refractivity contribution is 0.101. The van der Waals surface area contributed by atoms with E-state index in [9.17, 15) is 4.79 Å². The van der Waals surface area contributed by atoms with Crippen molar-refractivity contribution in [2.24, 2.45) is 0 Å². The van der Waals surface area contributed by atoms with E-state index in [-0.39, 0.29) is 5.78 Å². The maximum absolute atomic E-state index is 12.5. The van der Waals surface area contributed by atoms with Crippen molar-refractivity contribution in [2.75, 3.05) is 0 Å². The molecule has 0 aliphatic rings. The van der Waals surface area contributed by atoms with E-state index in [1.807, 2.05) is 32.0 Å². The molecule has 1 heterocycles. The van der Waals surface area contributed by atoms with Gasteiger partial charge >= 0.3 is 0 Å². The van der Waals surface area contributed by atoms with Gasteiger partial charge in [-0.1, -0.05) is 29.8 Å². The van der Waals surface area contributed by atoms with E-state index in [2.05, 4.69) is 0 Å². The van der Waals surface area contributed by atoms with Crippen molar-refractivity contribution in [2.45, 2.75) is 13.8 Å². The SMILES string of the molecule is Cc1cc(Cl)ccc1C(=O)c1cc2cccc(C)c2o1. The van der Waals surface area contributed by atoms with Crippen LogP contribution in [0.25, 0.3) is 11.0 Å². The third-order valence-corrected chi connectivity index (χ3v) is 3.63. The minimum Gasteiger partial charge on any atom is -0.452 e. The summed E-state index contributed by atoms with van der Waals surface area (Å²) in [7, 11) is 0. The van der Waals surface area contributed by atoms with Gasteiger partial charge < -0.3 is 4.42 Å². The van der Waals surface area contributed by atoms with Gasteiger partial charge in [0.1, 0.15) is 5.58 Å². The summed E-state index contributed by atoms with van der Waals surface area (Å²) < 4.78 is 5.72. The van der Waals surface area contributed by atoms with Crippen LogP contribution in [0.4, 0.5) is 0 Å². The van der Waals surface area contributed by atoms with Crippen molar-refractivity contribution >= 4 is 28.4 Å². The molecule has 0 unspecified atom stereocenters. The Bertz CT molecular complexity index is 815. The monoisotopic (exact) mass is 284 g/mol. The van der Waals surface area contributed by atoms with Crippen LogP contribution in [0.5, 0.6) is 0 Å². The predicted octanol–water partition coefficient (Wildman–Crippen LogP) is 4.93. The molecule has 3 heteroatoms. The van der Waals surface area contributed by atoms with Crippen LogP contribution in [-0.4, -0.2) is 5.78 Å². The smallest absolute Gasteiger partial charge is 0.228 e. The Morgan fingerprint density at radius 1 is 1.05 bits per heavy atom. The van der Waals surface area contributed by atoms with Crippen molar-refractivity contribution in [3.8, 4) is 0 Å². The number of furan rings is 1. The summed E-state index contributed by atoms with van der Waals surface area (Å²) >= 11 is 5.92. The molecule has 0 saturated carbocycles. The van der Waals surface area contributed by atoms with E-state index in [0.717, 1.165) is 22.1 Å². The molecule has 0 atom stereocenters. The number of fused-ring (bicyclic) bond motifs is 1. The Morgan fingerprint density at radius 3 is 2.55 bits per heavy atom. The molecule has 100 valence electrons. The lowest BCUT2D eigenvalue weighted by Gasteiger charge is -2.03. The number of carbonyl (C=O) groups excluding carboxylic acids is 1. The fraction of sp³-hybridized carbons (Fsp3) is 0.118. The van der Waals surface area contributed by atoms with Crippen LogP contribution in [0.1, 0.15) is 27.2 Å². The van der Waals surface area contributed by atoms with E-state index in [1.165, 1.54) is 0 Å². The highest BCUT2D eigenvalue weighted by molar-refractivity contribution is 6.30. The molecular weight excluding hydrogens is 272 g/mol. The largest absolute Gasteiger partial charge is 0.452 e. The maximum Gasteiger partial charge on any atom is 0.228 e. The molecule has 0 radical (unpaired) electrons. The van der Waals surface area contributed by atoms with E-state index in [0.29, 0.717) is 16.3 Å². The fourth-order valence-electron chi connectivity index (χ4n) is 2.34. The van der Waals surface area contributed by atoms with E-state index < -0.39 is 0 Å². The highest BCUT2D eigenvalue weighted by Gasteiger charge is 2.17. The topological polar surface area (TPSA) is 30.2 Å². The Hall–Kier alpha value is -2.06. The van der Waals surface area contributed by atoms with Gasteiger partial charge in [-0.05, 0) is 49.2 Å². The zero-order valence-corrected chi connectivity index (χ0v) is 12.0. The number of hydrogen-bond donors (Lipinski definition) is 0. The molecule has 3 aromatic rings. The molecule has 3 rings (SSSR count). The minimum atomic E-state index is -0.116. The maximum atomic E-state index is 12.5. The van der Waals surface area contributed by atoms with Crippen molar-refractivity contribution in [3.05, 3.63) is 69.9 Å². The Balaban J connectivity index is 2.10. The van der Waals surface area contributed by atoms with Gasteiger partial charge in [0.15, 0.2) is 5.76 Å². The third kappa shape index (κ3) is 2.12. The second kappa shape index (κ2) is 4.80. The van der Waals surface area contributed by atoms with Gasteiger partial charge in [0.25, 0.3) is 0 Å². The highest BCUT2D eigenvalue weighted by Crippen LogP contribution is 2.25. The van der Waals surface area contributed by atoms with Gasteiger partial charge in [0, 0.05) is 16.0 Å². The number of hydrogen-bond acceptors (Lipinski definition) is 2. The van der Waals surface area contributed by atoms with E-state index in [1.54, 1.807) is 24.3 Å². The highest BCUT2D eigenvalue weighted by atomic mass is 35.5. The number of rotatable bonds is 2. The normalized spacial score (nSPS) is 10.9. The lowest BCUT2D eigenvalue weighted by atomic mass is 10.0. The minimum absolute atomic E-state index is 0.116. The van der Waals surface area contributed by atoms with Crippen molar-refractivity contribution in [3.63, 3.8) is 0 Å². The summed E-state index contributed by atoms with van der Waals surface area (Å²) in [6, 6.07) is 12.9. The summed E-state index contributed by atoms with van der Waals surface area (Å²) in [4.78, 5) is 12.5. The Morgan fingerprint density at radius 2 is 1.85 bits per heavy atom. The average Bonchev–Trinajstić information content (AvgIpc) is 2.83. The summed E-state index contributed by atoms with van der Waals surface area (Å²) in [6.07, 6.45) is 0. The van der Waals surface area contributed by atoms with Gasteiger partial charge in [-0.25, -0.2) is 0 Å². The van der Waals surface area contributed by atoms with Crippen LogP contribution in [0, 0.1) is 13.8 Å². The van der Waals surface area contributed by atoms with Gasteiger partial charge in [-0.2, -0.15) is 0 Å². The third-order valence-electron chi connectivity index (χ3n) is 3.40. The molecule has 0 fully saturated rings. The Labute approximate surface area is 122 Å². The zero-order valence-electron chi connectivity index (χ0n) is 11.2. The first-order valence-corrected chi connectivity index (χ1v) is 6.74. The predicted molar refractivity (Wildman–Crippen MR) is 80.6 cm³/mol. The molecule has 0 N–H and O–H groups in total. The molecule has 1 aromatic heterocycles. The standard InChI is InChI=1S/C17H13ClO2/c1-10-4-3-5-12-9-15(20-17(10)12)16(19)14-7-6-13(18)8-11(14)2/h3-9H,1-2H3. The lowest BCUT2D eigenvalue weighted by Crippen LogP contribution is -2.01. The number of para-hydroxylation sites is 1. The van der Waals surface area contributed by atoms with Crippen LogP contribution in [0.15, 0.2) is 46.9 Å². The van der Waals surface area contributed by atoms with Crippen LogP contribution < -0.4 is 0 Å². The molecular formula is C17H13ClO2. The van der Waals surface area contributed by atoms with Crippen molar-refractivity contribution < 1.29 is 9.21 Å². The number of ketones is 1. The van der Waals surface area contributed by atoms with Crippen LogP contribution in [0.2, 0.25) is 5.02 Å². The fourth-order valence-corrected chi connectivity index (χ4v) is 2.56. The van der Waals surface area contributed by atoms with Gasteiger partial charge in [0.2, 0.25) is 5.78 Å². The van der Waals surface area contributed by atoms with Gasteiger partial charge in [-0.3, -0.25) is 4.79 Å². The Kier molecular flexibility index (Phi) is 3.11. The molecule has 0 spiro atoms. The summed E-state index contributed by atoms with van der Waals surface area (Å²) in [5, 5.41) is 1.57. The number of aryl methyl sites for hydroxylation is 2. The van der Waals surface area contributed by atoms with Crippen LogP contribution >= 0.6 is 11.6 Å². The van der Waals surface area contributed by atoms with Gasteiger partial charge in [0.05, 0.1) is 0 Å². The van der Waals surface area contributed by atoms with E-state index >= 15 is 0 Å². The molecule has 0 saturated heterocycles.